The first-order chi connectivity index (χ1) is 18.7. The fourth-order valence-electron chi connectivity index (χ4n) is 5.46. The highest BCUT2D eigenvalue weighted by Gasteiger charge is 2.47. The SMILES string of the molecule is CCN(CCCCC1(C(N)=O)c2ccccc2-c2ccccc21)CCCNC(=O)c1cc(C(F)(F)F)ccn1. The van der Waals surface area contributed by atoms with Gasteiger partial charge < -0.3 is 16.0 Å². The van der Waals surface area contributed by atoms with Crippen LogP contribution in [0.1, 0.15) is 59.8 Å². The van der Waals surface area contributed by atoms with Gasteiger partial charge in [-0.1, -0.05) is 61.9 Å². The Balaban J connectivity index is 1.28. The van der Waals surface area contributed by atoms with Crippen LogP contribution in [-0.2, 0) is 16.4 Å². The van der Waals surface area contributed by atoms with Crippen LogP contribution < -0.4 is 11.1 Å². The van der Waals surface area contributed by atoms with E-state index in [9.17, 15) is 22.8 Å². The highest BCUT2D eigenvalue weighted by Crippen LogP contribution is 2.51. The van der Waals surface area contributed by atoms with Gasteiger partial charge in [0.1, 0.15) is 5.69 Å². The van der Waals surface area contributed by atoms with Crippen molar-refractivity contribution in [1.82, 2.24) is 15.2 Å². The standard InChI is InChI=1S/C30H33F3N4O2/c1-2-37(19-9-16-36-27(38)26-20-21(14-17-35-26)30(31,32)33)18-8-7-15-29(28(34)39)24-12-5-3-10-22(24)23-11-4-6-13-25(23)29/h3-6,10-14,17,20H,2,7-9,15-16,18-19H2,1H3,(H2,34,39)(H,36,38). The zero-order valence-electron chi connectivity index (χ0n) is 21.9. The van der Waals surface area contributed by atoms with Crippen molar-refractivity contribution in [2.75, 3.05) is 26.2 Å². The zero-order chi connectivity index (χ0) is 28.0. The smallest absolute Gasteiger partial charge is 0.369 e. The summed E-state index contributed by atoms with van der Waals surface area (Å²) >= 11 is 0. The summed E-state index contributed by atoms with van der Waals surface area (Å²) in [7, 11) is 0. The molecule has 0 radical (unpaired) electrons. The molecular formula is C30H33F3N4O2. The van der Waals surface area contributed by atoms with Gasteiger partial charge in [0.2, 0.25) is 5.91 Å². The molecule has 3 N–H and O–H groups in total. The lowest BCUT2D eigenvalue weighted by molar-refractivity contribution is -0.137. The molecular weight excluding hydrogens is 505 g/mol. The molecule has 206 valence electrons. The summed E-state index contributed by atoms with van der Waals surface area (Å²) in [6.45, 7) is 4.73. The predicted molar refractivity (Wildman–Crippen MR) is 144 cm³/mol. The second-order valence-corrected chi connectivity index (χ2v) is 9.79. The lowest BCUT2D eigenvalue weighted by Gasteiger charge is -2.29. The largest absolute Gasteiger partial charge is 0.416 e. The molecule has 1 aliphatic rings. The van der Waals surface area contributed by atoms with Crippen LogP contribution in [0.25, 0.3) is 11.1 Å². The predicted octanol–water partition coefficient (Wildman–Crippen LogP) is 5.16. The number of unbranched alkanes of at least 4 members (excludes halogenated alkanes) is 1. The molecule has 0 spiro atoms. The van der Waals surface area contributed by atoms with Gasteiger partial charge in [0.05, 0.1) is 11.0 Å². The number of hydrogen-bond donors (Lipinski definition) is 2. The molecule has 4 rings (SSSR count). The first-order valence-electron chi connectivity index (χ1n) is 13.2. The molecule has 0 bridgehead atoms. The molecule has 1 aliphatic carbocycles. The first kappa shape index (κ1) is 28.3. The zero-order valence-corrected chi connectivity index (χ0v) is 21.9. The highest BCUT2D eigenvalue weighted by molar-refractivity contribution is 5.99. The Hall–Kier alpha value is -3.72. The van der Waals surface area contributed by atoms with Gasteiger partial charge in [0, 0.05) is 12.7 Å². The number of alkyl halides is 3. The monoisotopic (exact) mass is 538 g/mol. The van der Waals surface area contributed by atoms with E-state index < -0.39 is 23.1 Å². The fraction of sp³-hybridized carbons (Fsp3) is 0.367. The summed E-state index contributed by atoms with van der Waals surface area (Å²) in [6, 6.07) is 17.5. The van der Waals surface area contributed by atoms with Crippen LogP contribution in [0.3, 0.4) is 0 Å². The Morgan fingerprint density at radius 3 is 2.15 bits per heavy atom. The minimum atomic E-state index is -4.53. The molecule has 0 saturated carbocycles. The number of halogens is 3. The molecule has 2 amide bonds. The fourth-order valence-corrected chi connectivity index (χ4v) is 5.46. The molecule has 0 atom stereocenters. The number of nitrogens with one attached hydrogen (secondary N) is 1. The van der Waals surface area contributed by atoms with E-state index in [1.165, 1.54) is 0 Å². The van der Waals surface area contributed by atoms with Crippen molar-refractivity contribution in [1.29, 1.82) is 0 Å². The Morgan fingerprint density at radius 1 is 0.949 bits per heavy atom. The van der Waals surface area contributed by atoms with Crippen LogP contribution in [0.15, 0.2) is 66.9 Å². The molecule has 0 unspecified atom stereocenters. The number of nitrogens with zero attached hydrogens (tertiary/aromatic N) is 2. The summed E-state index contributed by atoms with van der Waals surface area (Å²) in [5.41, 5.74) is 8.13. The van der Waals surface area contributed by atoms with Crippen LogP contribution in [0.5, 0.6) is 0 Å². The van der Waals surface area contributed by atoms with Gasteiger partial charge in [0.15, 0.2) is 0 Å². The number of primary amides is 1. The average molecular weight is 539 g/mol. The molecule has 9 heteroatoms. The third-order valence-corrected chi connectivity index (χ3v) is 7.46. The van der Waals surface area contributed by atoms with Crippen molar-refractivity contribution in [2.24, 2.45) is 5.73 Å². The topological polar surface area (TPSA) is 88.3 Å². The maximum absolute atomic E-state index is 13.0. The minimum Gasteiger partial charge on any atom is -0.369 e. The van der Waals surface area contributed by atoms with Crippen LogP contribution >= 0.6 is 0 Å². The molecule has 0 fully saturated rings. The van der Waals surface area contributed by atoms with Gasteiger partial charge in [0.25, 0.3) is 5.91 Å². The van der Waals surface area contributed by atoms with Gasteiger partial charge in [-0.15, -0.1) is 0 Å². The van der Waals surface area contributed by atoms with E-state index in [1.54, 1.807) is 0 Å². The lowest BCUT2D eigenvalue weighted by Crippen LogP contribution is -2.41. The molecule has 0 aliphatic heterocycles. The van der Waals surface area contributed by atoms with Crippen molar-refractivity contribution < 1.29 is 22.8 Å². The van der Waals surface area contributed by atoms with Gasteiger partial charge >= 0.3 is 6.18 Å². The van der Waals surface area contributed by atoms with Crippen molar-refractivity contribution in [3.05, 3.63) is 89.2 Å². The third kappa shape index (κ3) is 5.98. The van der Waals surface area contributed by atoms with E-state index in [1.807, 2.05) is 48.5 Å². The molecule has 39 heavy (non-hydrogen) atoms. The van der Waals surface area contributed by atoms with Crippen molar-refractivity contribution in [3.8, 4) is 11.1 Å². The number of rotatable bonds is 12. The van der Waals surface area contributed by atoms with Crippen molar-refractivity contribution >= 4 is 11.8 Å². The number of nitrogens with two attached hydrogens (primary N) is 1. The van der Waals surface area contributed by atoms with Gasteiger partial charge in [-0.2, -0.15) is 13.2 Å². The Kier molecular flexibility index (Phi) is 8.70. The van der Waals surface area contributed by atoms with Gasteiger partial charge in [-0.05, 0) is 73.3 Å². The quantitative estimate of drug-likeness (QED) is 0.312. The van der Waals surface area contributed by atoms with E-state index in [-0.39, 0.29) is 11.6 Å². The van der Waals surface area contributed by atoms with Gasteiger partial charge in [-0.25, -0.2) is 0 Å². The molecule has 0 saturated heterocycles. The Labute approximate surface area is 226 Å². The molecule has 1 aromatic heterocycles. The number of pyridine rings is 1. The molecule has 3 aromatic rings. The molecule has 1 heterocycles. The number of aromatic nitrogens is 1. The normalized spacial score (nSPS) is 13.7. The molecule has 6 nitrogen and oxygen atoms in total. The molecule has 2 aromatic carbocycles. The first-order valence-corrected chi connectivity index (χ1v) is 13.2. The van der Waals surface area contributed by atoms with E-state index in [0.717, 1.165) is 73.1 Å². The number of amides is 2. The number of benzene rings is 2. The third-order valence-electron chi connectivity index (χ3n) is 7.46. The summed E-state index contributed by atoms with van der Waals surface area (Å²) in [4.78, 5) is 31.2. The summed E-state index contributed by atoms with van der Waals surface area (Å²) in [5, 5.41) is 2.65. The van der Waals surface area contributed by atoms with E-state index in [2.05, 4.69) is 22.1 Å². The summed E-state index contributed by atoms with van der Waals surface area (Å²) in [6.07, 6.45) is -0.602. The lowest BCUT2D eigenvalue weighted by atomic mass is 9.73. The second kappa shape index (κ2) is 12.0. The number of carbonyl (C=O) groups excluding carboxylic acids is 2. The van der Waals surface area contributed by atoms with Crippen LogP contribution in [-0.4, -0.2) is 47.9 Å². The highest BCUT2D eigenvalue weighted by atomic mass is 19.4. The average Bonchev–Trinajstić information content (AvgIpc) is 3.22. The van der Waals surface area contributed by atoms with Crippen molar-refractivity contribution in [2.45, 2.75) is 44.2 Å². The van der Waals surface area contributed by atoms with Crippen LogP contribution in [0.2, 0.25) is 0 Å². The van der Waals surface area contributed by atoms with Gasteiger partial charge in [-0.3, -0.25) is 14.6 Å². The maximum Gasteiger partial charge on any atom is 0.416 e. The summed E-state index contributed by atoms with van der Waals surface area (Å²) in [5.74, 6) is -0.962. The minimum absolute atomic E-state index is 0.254. The maximum atomic E-state index is 13.0. The van der Waals surface area contributed by atoms with E-state index in [0.29, 0.717) is 19.4 Å². The Bertz CT molecular complexity index is 1280. The number of fused-ring (bicyclic) bond motifs is 3. The van der Waals surface area contributed by atoms with Crippen molar-refractivity contribution in [3.63, 3.8) is 0 Å². The van der Waals surface area contributed by atoms with Crippen LogP contribution in [0, 0.1) is 0 Å². The number of carbonyl (C=O) groups is 2. The second-order valence-electron chi connectivity index (χ2n) is 9.79. The van der Waals surface area contributed by atoms with E-state index >= 15 is 0 Å². The van der Waals surface area contributed by atoms with Crippen LogP contribution in [0.4, 0.5) is 13.2 Å². The number of hydrogen-bond acceptors (Lipinski definition) is 4. The Morgan fingerprint density at radius 2 is 1.56 bits per heavy atom. The van der Waals surface area contributed by atoms with E-state index in [4.69, 9.17) is 5.73 Å². The summed E-state index contributed by atoms with van der Waals surface area (Å²) < 4.78 is 38.7.